The lowest BCUT2D eigenvalue weighted by Crippen LogP contribution is -2.17. The van der Waals surface area contributed by atoms with Gasteiger partial charge in [-0.1, -0.05) is 51.0 Å². The second kappa shape index (κ2) is 9.04. The molecule has 2 atom stereocenters. The van der Waals surface area contributed by atoms with E-state index in [1.807, 2.05) is 30.5 Å². The minimum atomic E-state index is -0.859. The van der Waals surface area contributed by atoms with E-state index in [9.17, 15) is 4.79 Å². The van der Waals surface area contributed by atoms with Gasteiger partial charge in [0.25, 0.3) is 0 Å². The minimum Gasteiger partial charge on any atom is -0.486 e. The third-order valence-electron chi connectivity index (χ3n) is 4.89. The van der Waals surface area contributed by atoms with Crippen LogP contribution in [-0.2, 0) is 4.79 Å². The number of aromatic nitrogens is 2. The van der Waals surface area contributed by atoms with Crippen LogP contribution in [-0.4, -0.2) is 21.3 Å². The van der Waals surface area contributed by atoms with Crippen molar-refractivity contribution in [1.82, 2.24) is 10.2 Å². The third-order valence-corrected chi connectivity index (χ3v) is 4.89. The van der Waals surface area contributed by atoms with Crippen molar-refractivity contribution in [2.75, 3.05) is 0 Å². The van der Waals surface area contributed by atoms with Crippen molar-refractivity contribution in [1.29, 1.82) is 0 Å². The number of benzene rings is 2. The normalized spacial score (nSPS) is 13.3. The number of H-pyrrole nitrogens is 1. The molecule has 0 fully saturated rings. The van der Waals surface area contributed by atoms with E-state index < -0.39 is 5.97 Å². The Kier molecular flexibility index (Phi) is 6.47. The molecule has 3 aromatic rings. The Morgan fingerprint density at radius 2 is 1.87 bits per heavy atom. The Bertz CT molecular complexity index is 1070. The number of hydrogen-bond acceptors (Lipinski definition) is 3. The molecule has 0 aliphatic heterocycles. The minimum absolute atomic E-state index is 0.0160. The van der Waals surface area contributed by atoms with E-state index in [1.165, 1.54) is 0 Å². The molecule has 30 heavy (non-hydrogen) atoms. The molecule has 3 rings (SSSR count). The molecule has 0 aliphatic carbocycles. The summed E-state index contributed by atoms with van der Waals surface area (Å²) in [4.78, 5) is 11.1. The predicted molar refractivity (Wildman–Crippen MR) is 118 cm³/mol. The summed E-state index contributed by atoms with van der Waals surface area (Å²) in [6.45, 7) is 8.31. The maximum absolute atomic E-state index is 11.1. The molecule has 1 aromatic heterocycles. The van der Waals surface area contributed by atoms with Crippen molar-refractivity contribution in [2.24, 2.45) is 5.41 Å². The second-order valence-corrected chi connectivity index (χ2v) is 8.70. The van der Waals surface area contributed by atoms with Crippen molar-refractivity contribution in [3.8, 4) is 17.6 Å². The first-order valence-corrected chi connectivity index (χ1v) is 10.1. The van der Waals surface area contributed by atoms with Gasteiger partial charge in [0.05, 0.1) is 24.1 Å². The molecule has 0 aliphatic rings. The maximum atomic E-state index is 11.1. The van der Waals surface area contributed by atoms with E-state index in [4.69, 9.17) is 9.84 Å². The zero-order valence-electron chi connectivity index (χ0n) is 17.9. The molecule has 0 saturated carbocycles. The smallest absolute Gasteiger partial charge is 0.304 e. The van der Waals surface area contributed by atoms with E-state index in [0.717, 1.165) is 34.2 Å². The lowest BCUT2D eigenvalue weighted by atomic mass is 9.86. The Balaban J connectivity index is 1.84. The van der Waals surface area contributed by atoms with E-state index >= 15 is 0 Å². The summed E-state index contributed by atoms with van der Waals surface area (Å²) in [6.07, 6.45) is 2.52. The fraction of sp³-hybridized carbons (Fsp3) is 0.360. The Hall–Kier alpha value is -3.26. The molecule has 1 unspecified atom stereocenters. The lowest BCUT2D eigenvalue weighted by Gasteiger charge is -2.27. The van der Waals surface area contributed by atoms with Crippen molar-refractivity contribution in [2.45, 2.75) is 52.6 Å². The van der Waals surface area contributed by atoms with E-state index in [0.29, 0.717) is 0 Å². The Morgan fingerprint density at radius 3 is 2.50 bits per heavy atom. The molecule has 0 amide bonds. The van der Waals surface area contributed by atoms with Gasteiger partial charge in [-0.25, -0.2) is 0 Å². The van der Waals surface area contributed by atoms with Crippen LogP contribution in [0.5, 0.6) is 5.75 Å². The molecule has 0 saturated heterocycles. The van der Waals surface area contributed by atoms with Crippen molar-refractivity contribution in [3.05, 3.63) is 59.8 Å². The molecule has 0 radical (unpaired) electrons. The van der Waals surface area contributed by atoms with Crippen LogP contribution in [0.25, 0.3) is 10.9 Å². The van der Waals surface area contributed by atoms with Crippen LogP contribution in [0, 0.1) is 17.3 Å². The van der Waals surface area contributed by atoms with Crippen molar-refractivity contribution >= 4 is 16.9 Å². The number of fused-ring (bicyclic) bond motifs is 1. The molecular formula is C25H28N2O3. The average molecular weight is 405 g/mol. The molecule has 156 valence electrons. The van der Waals surface area contributed by atoms with Crippen LogP contribution in [0.2, 0.25) is 0 Å². The number of aromatic amines is 1. The van der Waals surface area contributed by atoms with Gasteiger partial charge in [0.2, 0.25) is 0 Å². The molecule has 2 aromatic carbocycles. The number of carbonyl (C=O) groups is 1. The zero-order valence-corrected chi connectivity index (χ0v) is 17.9. The highest BCUT2D eigenvalue weighted by molar-refractivity contribution is 5.78. The van der Waals surface area contributed by atoms with Crippen LogP contribution in [0.3, 0.4) is 0 Å². The van der Waals surface area contributed by atoms with Gasteiger partial charge in [-0.15, -0.1) is 5.92 Å². The number of nitrogens with one attached hydrogen (secondary N) is 1. The Labute approximate surface area is 177 Å². The highest BCUT2D eigenvalue weighted by Crippen LogP contribution is 2.35. The topological polar surface area (TPSA) is 75.2 Å². The second-order valence-electron chi connectivity index (χ2n) is 8.70. The first kappa shape index (κ1) is 21.4. The number of hydrogen-bond donors (Lipinski definition) is 2. The van der Waals surface area contributed by atoms with E-state index in [2.05, 4.69) is 61.0 Å². The highest BCUT2D eigenvalue weighted by atomic mass is 16.5. The van der Waals surface area contributed by atoms with Crippen LogP contribution in [0.4, 0.5) is 0 Å². The zero-order chi connectivity index (χ0) is 21.7. The van der Waals surface area contributed by atoms with Gasteiger partial charge in [0.15, 0.2) is 0 Å². The third kappa shape index (κ3) is 5.64. The summed E-state index contributed by atoms with van der Waals surface area (Å²) in [7, 11) is 0. The van der Waals surface area contributed by atoms with Gasteiger partial charge in [-0.3, -0.25) is 9.89 Å². The van der Waals surface area contributed by atoms with Gasteiger partial charge < -0.3 is 9.84 Å². The molecule has 2 N–H and O–H groups in total. The number of rotatable bonds is 7. The van der Waals surface area contributed by atoms with E-state index in [1.54, 1.807) is 6.92 Å². The quantitative estimate of drug-likeness (QED) is 0.495. The van der Waals surface area contributed by atoms with Gasteiger partial charge in [0, 0.05) is 5.39 Å². The first-order valence-electron chi connectivity index (χ1n) is 10.1. The molecule has 5 heteroatoms. The van der Waals surface area contributed by atoms with Crippen molar-refractivity contribution in [3.63, 3.8) is 0 Å². The number of carboxylic acids is 1. The summed E-state index contributed by atoms with van der Waals surface area (Å²) in [5.41, 5.74) is 3.04. The molecule has 5 nitrogen and oxygen atoms in total. The van der Waals surface area contributed by atoms with Crippen LogP contribution >= 0.6 is 0 Å². The van der Waals surface area contributed by atoms with Gasteiger partial charge in [0.1, 0.15) is 11.9 Å². The fourth-order valence-electron chi connectivity index (χ4n) is 3.48. The predicted octanol–water partition coefficient (Wildman–Crippen LogP) is 5.70. The molecule has 1 heterocycles. The number of carboxylic acid groups (broad SMARTS) is 1. The molecule has 0 spiro atoms. The summed E-state index contributed by atoms with van der Waals surface area (Å²) in [5, 5.41) is 17.3. The van der Waals surface area contributed by atoms with Gasteiger partial charge >= 0.3 is 5.97 Å². The number of ether oxygens (including phenoxy) is 1. The largest absolute Gasteiger partial charge is 0.486 e. The summed E-state index contributed by atoms with van der Waals surface area (Å²) >= 11 is 0. The van der Waals surface area contributed by atoms with Gasteiger partial charge in [-0.2, -0.15) is 5.10 Å². The highest BCUT2D eigenvalue weighted by Gasteiger charge is 2.23. The summed E-state index contributed by atoms with van der Waals surface area (Å²) in [6, 6.07) is 13.8. The van der Waals surface area contributed by atoms with Gasteiger partial charge in [-0.05, 0) is 48.1 Å². The van der Waals surface area contributed by atoms with Crippen LogP contribution < -0.4 is 4.74 Å². The first-order chi connectivity index (χ1) is 14.2. The summed E-state index contributed by atoms with van der Waals surface area (Å²) in [5.74, 6) is 5.37. The summed E-state index contributed by atoms with van der Waals surface area (Å²) < 4.78 is 6.39. The number of aliphatic carboxylic acids is 1. The molecule has 0 bridgehead atoms. The monoisotopic (exact) mass is 404 g/mol. The van der Waals surface area contributed by atoms with Crippen molar-refractivity contribution < 1.29 is 14.6 Å². The van der Waals surface area contributed by atoms with Crippen LogP contribution in [0.15, 0.2) is 48.7 Å². The fourth-order valence-corrected chi connectivity index (χ4v) is 3.48. The standard InChI is InChI=1S/C25H28N2O3/c1-5-6-18(14-24(28)29)17-9-11-21(12-10-17)30-23(15-25(2,3)4)19-7-8-20-16-26-27-22(20)13-19/h7-13,16,18,23H,14-15H2,1-4H3,(H,26,27)(H,28,29)/t18?,23-/m0/s1. The van der Waals surface area contributed by atoms with Crippen LogP contribution in [0.1, 0.15) is 63.7 Å². The average Bonchev–Trinajstić information content (AvgIpc) is 3.14. The lowest BCUT2D eigenvalue weighted by molar-refractivity contribution is -0.137. The maximum Gasteiger partial charge on any atom is 0.304 e. The number of nitrogens with zero attached hydrogens (tertiary/aromatic N) is 1. The van der Waals surface area contributed by atoms with E-state index in [-0.39, 0.29) is 23.9 Å². The SMILES string of the molecule is CC#CC(CC(=O)O)c1ccc(O[C@@H](CC(C)(C)C)c2ccc3cn[nH]c3c2)cc1. The molecular weight excluding hydrogens is 376 g/mol. The Morgan fingerprint density at radius 1 is 1.17 bits per heavy atom.